The Balaban J connectivity index is -0.000000249. The fourth-order valence-electron chi connectivity index (χ4n) is 0.241. The van der Waals surface area contributed by atoms with Gasteiger partial charge in [-0.15, -0.1) is 0 Å². The first-order chi connectivity index (χ1) is 5.20. The summed E-state index contributed by atoms with van der Waals surface area (Å²) >= 11 is 0. The van der Waals surface area contributed by atoms with Crippen molar-refractivity contribution in [2.45, 2.75) is 13.3 Å². The van der Waals surface area contributed by atoms with E-state index in [2.05, 4.69) is 23.5 Å². The third-order valence-electron chi connectivity index (χ3n) is 0.677. The molecule has 0 bridgehead atoms. The SMILES string of the molecule is [CH2-]C.[CH2-]OC(=O)CC(=O)OC.[Y]. The summed E-state index contributed by atoms with van der Waals surface area (Å²) in [4.78, 5) is 20.4. The van der Waals surface area contributed by atoms with Crippen LogP contribution < -0.4 is 0 Å². The fraction of sp³-hybridized carbons (Fsp3) is 0.429. The van der Waals surface area contributed by atoms with E-state index in [9.17, 15) is 9.59 Å². The Morgan fingerprint density at radius 2 is 1.67 bits per heavy atom. The van der Waals surface area contributed by atoms with Crippen LogP contribution in [0.25, 0.3) is 0 Å². The molecule has 0 aliphatic rings. The molecule has 0 saturated heterocycles. The molecule has 0 fully saturated rings. The molecule has 0 spiro atoms. The van der Waals surface area contributed by atoms with Crippen LogP contribution in [0.4, 0.5) is 0 Å². The smallest absolute Gasteiger partial charge is 0.316 e. The molecule has 5 heteroatoms. The van der Waals surface area contributed by atoms with Gasteiger partial charge in [0.1, 0.15) is 6.42 Å². The van der Waals surface area contributed by atoms with Crippen LogP contribution in [0, 0.1) is 14.0 Å². The molecule has 0 rings (SSSR count). The van der Waals surface area contributed by atoms with Crippen molar-refractivity contribution < 1.29 is 51.8 Å². The summed E-state index contributed by atoms with van der Waals surface area (Å²) in [6.07, 6.45) is -0.375. The molecule has 4 nitrogen and oxygen atoms in total. The second-order valence-electron chi connectivity index (χ2n) is 1.27. The van der Waals surface area contributed by atoms with E-state index < -0.39 is 11.9 Å². The number of rotatable bonds is 2. The minimum atomic E-state index is -0.693. The number of carbonyl (C=O) groups excluding carboxylic acids is 2. The molecule has 0 atom stereocenters. The van der Waals surface area contributed by atoms with E-state index in [1.165, 1.54) is 7.11 Å². The molecule has 0 aromatic heterocycles. The van der Waals surface area contributed by atoms with Gasteiger partial charge in [0.05, 0.1) is 7.11 Å². The number of hydrogen-bond donors (Lipinski definition) is 0. The molecule has 12 heavy (non-hydrogen) atoms. The van der Waals surface area contributed by atoms with Crippen molar-refractivity contribution in [1.29, 1.82) is 0 Å². The molecule has 0 aliphatic heterocycles. The summed E-state index contributed by atoms with van der Waals surface area (Å²) in [6.45, 7) is 5.00. The van der Waals surface area contributed by atoms with Crippen LogP contribution in [-0.4, -0.2) is 19.0 Å². The predicted octanol–water partition coefficient (Wildman–Crippen LogP) is 0.722. The van der Waals surface area contributed by atoms with E-state index in [1.807, 2.05) is 0 Å². The van der Waals surface area contributed by atoms with E-state index in [-0.39, 0.29) is 39.1 Å². The molecular weight excluding hydrogens is 237 g/mol. The summed E-state index contributed by atoms with van der Waals surface area (Å²) in [5.74, 6) is -1.31. The zero-order chi connectivity index (χ0) is 9.28. The maximum Gasteiger partial charge on any atom is 0.316 e. The second-order valence-corrected chi connectivity index (χ2v) is 1.27. The van der Waals surface area contributed by atoms with Crippen molar-refractivity contribution in [2.75, 3.05) is 7.11 Å². The van der Waals surface area contributed by atoms with E-state index in [1.54, 1.807) is 6.92 Å². The average molecular weight is 249 g/mol. The standard InChI is InChI=1S/C5H7O4.C2H5.Y/c1-8-4(6)3-5(7)9-2;1-2;/h1,3H2,2H3;1H2,2H3;/q2*-1;. The first-order valence-electron chi connectivity index (χ1n) is 2.93. The van der Waals surface area contributed by atoms with Gasteiger partial charge in [-0.05, 0) is 0 Å². The largest absolute Gasteiger partial charge is 0.640 e. The number of methoxy groups -OCH3 is 1. The average Bonchev–Trinajstić information content (AvgIpc) is 2.07. The van der Waals surface area contributed by atoms with Gasteiger partial charge in [-0.2, -0.15) is 14.0 Å². The van der Waals surface area contributed by atoms with Crippen molar-refractivity contribution in [3.05, 3.63) is 14.0 Å². The van der Waals surface area contributed by atoms with Gasteiger partial charge in [-0.1, -0.05) is 0 Å². The van der Waals surface area contributed by atoms with Crippen LogP contribution >= 0.6 is 0 Å². The molecule has 69 valence electrons. The van der Waals surface area contributed by atoms with Crippen molar-refractivity contribution in [1.82, 2.24) is 0 Å². The quantitative estimate of drug-likeness (QED) is 0.411. The molecule has 0 aliphatic carbocycles. The van der Waals surface area contributed by atoms with Gasteiger partial charge in [-0.3, -0.25) is 9.59 Å². The van der Waals surface area contributed by atoms with Crippen molar-refractivity contribution in [2.24, 2.45) is 0 Å². The van der Waals surface area contributed by atoms with Crippen LogP contribution in [0.2, 0.25) is 0 Å². The van der Waals surface area contributed by atoms with E-state index in [0.717, 1.165) is 0 Å². The van der Waals surface area contributed by atoms with Crippen LogP contribution in [0.15, 0.2) is 0 Å². The van der Waals surface area contributed by atoms with Gasteiger partial charge in [0, 0.05) is 32.7 Å². The van der Waals surface area contributed by atoms with Crippen molar-refractivity contribution in [3.8, 4) is 0 Å². The van der Waals surface area contributed by atoms with E-state index in [0.29, 0.717) is 0 Å². The Labute approximate surface area is 97.9 Å². The molecular formula is C7H12O4Y-2. The van der Waals surface area contributed by atoms with Crippen molar-refractivity contribution in [3.63, 3.8) is 0 Å². The van der Waals surface area contributed by atoms with Gasteiger partial charge in [0.25, 0.3) is 5.97 Å². The topological polar surface area (TPSA) is 52.6 Å². The third-order valence-corrected chi connectivity index (χ3v) is 0.677. The predicted molar refractivity (Wildman–Crippen MR) is 39.1 cm³/mol. The first kappa shape index (κ1) is 18.0. The molecule has 1 radical (unpaired) electrons. The summed E-state index contributed by atoms with van der Waals surface area (Å²) < 4.78 is 8.09. The summed E-state index contributed by atoms with van der Waals surface area (Å²) in [6, 6.07) is 0. The van der Waals surface area contributed by atoms with Crippen LogP contribution in [0.5, 0.6) is 0 Å². The minimum absolute atomic E-state index is 0. The van der Waals surface area contributed by atoms with E-state index >= 15 is 0 Å². The Morgan fingerprint density at radius 3 is 1.92 bits per heavy atom. The molecule has 0 amide bonds. The molecule has 0 saturated carbocycles. The zero-order valence-electron chi connectivity index (χ0n) is 7.33. The molecule has 0 aromatic rings. The van der Waals surface area contributed by atoms with Gasteiger partial charge < -0.3 is 16.4 Å². The monoisotopic (exact) mass is 249 g/mol. The molecule has 0 N–H and O–H groups in total. The van der Waals surface area contributed by atoms with Gasteiger partial charge >= 0.3 is 5.97 Å². The molecule has 0 aromatic carbocycles. The number of ether oxygens (including phenoxy) is 2. The summed E-state index contributed by atoms with van der Waals surface area (Å²) in [5, 5.41) is 0. The summed E-state index contributed by atoms with van der Waals surface area (Å²) in [7, 11) is 4.01. The summed E-state index contributed by atoms with van der Waals surface area (Å²) in [5.41, 5.74) is 0. The third kappa shape index (κ3) is 12.7. The van der Waals surface area contributed by atoms with Gasteiger partial charge in [-0.25, -0.2) is 0 Å². The maximum atomic E-state index is 10.2. The fourth-order valence-corrected chi connectivity index (χ4v) is 0.241. The van der Waals surface area contributed by atoms with Crippen LogP contribution in [-0.2, 0) is 51.8 Å². The number of carbonyl (C=O) groups is 2. The molecule has 0 heterocycles. The second kappa shape index (κ2) is 13.6. The minimum Gasteiger partial charge on any atom is -0.640 e. The van der Waals surface area contributed by atoms with Crippen molar-refractivity contribution >= 4 is 11.9 Å². The number of hydrogen-bond acceptors (Lipinski definition) is 4. The van der Waals surface area contributed by atoms with Crippen LogP contribution in [0.1, 0.15) is 13.3 Å². The maximum absolute atomic E-state index is 10.2. The Kier molecular flexibility index (Phi) is 20.4. The normalized spacial score (nSPS) is 6.67. The van der Waals surface area contributed by atoms with E-state index in [4.69, 9.17) is 0 Å². The van der Waals surface area contributed by atoms with Gasteiger partial charge in [0.2, 0.25) is 0 Å². The van der Waals surface area contributed by atoms with Crippen LogP contribution in [0.3, 0.4) is 0 Å². The first-order valence-corrected chi connectivity index (χ1v) is 2.93. The molecule has 0 unspecified atom stereocenters. The Bertz CT molecular complexity index is 111. The Morgan fingerprint density at radius 1 is 1.25 bits per heavy atom. The Hall–Kier alpha value is 0.0439. The number of esters is 2. The zero-order valence-corrected chi connectivity index (χ0v) is 10.2. The van der Waals surface area contributed by atoms with Gasteiger partial charge in [0.15, 0.2) is 0 Å².